The average Bonchev–Trinajstić information content (AvgIpc) is 2.79. The van der Waals surface area contributed by atoms with Crippen LogP contribution in [0.2, 0.25) is 0 Å². The maximum atomic E-state index is 9.37. The number of hydrogen-bond donors (Lipinski definition) is 3. The lowest BCUT2D eigenvalue weighted by Crippen LogP contribution is -2.38. The molecule has 0 saturated carbocycles. The number of aliphatic hydroxyl groups is 1. The monoisotopic (exact) mass is 436 g/mol. The van der Waals surface area contributed by atoms with Crippen molar-refractivity contribution >= 4 is 23.1 Å². The van der Waals surface area contributed by atoms with E-state index in [4.69, 9.17) is 20.9 Å². The largest absolute Gasteiger partial charge is 0.399 e. The standard InChI is InChI=1S/C25H28N2O3S/c1-16-22(15-31-23-8-3-2-7-21(23)27)29-25(19-5-4-6-20(26)13-19)30-24(16)18-11-9-17(14-28)10-12-18/h2-13,16,22,24-25,28H,14-15,26-27H2,1H3. The summed E-state index contributed by atoms with van der Waals surface area (Å²) in [6.07, 6.45) is -0.708. The van der Waals surface area contributed by atoms with Gasteiger partial charge in [0.1, 0.15) is 0 Å². The molecule has 4 rings (SSSR count). The van der Waals surface area contributed by atoms with E-state index in [1.807, 2.05) is 72.8 Å². The summed E-state index contributed by atoms with van der Waals surface area (Å²) in [4.78, 5) is 1.05. The molecule has 4 unspecified atom stereocenters. The number of hydrogen-bond acceptors (Lipinski definition) is 6. The van der Waals surface area contributed by atoms with Crippen molar-refractivity contribution in [3.63, 3.8) is 0 Å². The number of ether oxygens (including phenoxy) is 2. The third kappa shape index (κ3) is 5.05. The molecule has 1 fully saturated rings. The number of aliphatic hydroxyl groups excluding tert-OH is 1. The zero-order valence-corrected chi connectivity index (χ0v) is 18.3. The van der Waals surface area contributed by atoms with Gasteiger partial charge in [0, 0.05) is 33.5 Å². The van der Waals surface area contributed by atoms with E-state index in [9.17, 15) is 5.11 Å². The van der Waals surface area contributed by atoms with Crippen LogP contribution < -0.4 is 11.5 Å². The Balaban J connectivity index is 1.60. The zero-order valence-electron chi connectivity index (χ0n) is 17.5. The van der Waals surface area contributed by atoms with Crippen molar-refractivity contribution in [2.24, 2.45) is 5.92 Å². The van der Waals surface area contributed by atoms with Crippen LogP contribution in [0.1, 0.15) is 36.0 Å². The molecule has 0 aromatic heterocycles. The first-order valence-electron chi connectivity index (χ1n) is 10.4. The topological polar surface area (TPSA) is 90.7 Å². The van der Waals surface area contributed by atoms with Gasteiger partial charge in [-0.15, -0.1) is 11.8 Å². The van der Waals surface area contributed by atoms with Crippen LogP contribution in [-0.2, 0) is 16.1 Å². The van der Waals surface area contributed by atoms with E-state index in [0.29, 0.717) is 5.69 Å². The lowest BCUT2D eigenvalue weighted by molar-refractivity contribution is -0.268. The van der Waals surface area contributed by atoms with Crippen LogP contribution in [0.15, 0.2) is 77.7 Å². The van der Waals surface area contributed by atoms with E-state index in [-0.39, 0.29) is 24.7 Å². The van der Waals surface area contributed by atoms with Gasteiger partial charge in [-0.3, -0.25) is 0 Å². The molecule has 1 aliphatic rings. The van der Waals surface area contributed by atoms with Gasteiger partial charge in [-0.05, 0) is 35.4 Å². The number of rotatable bonds is 6. The summed E-state index contributed by atoms with van der Waals surface area (Å²) in [5.41, 5.74) is 16.4. The molecule has 6 heteroatoms. The first kappa shape index (κ1) is 21.7. The summed E-state index contributed by atoms with van der Waals surface area (Å²) in [6.45, 7) is 2.17. The van der Waals surface area contributed by atoms with Gasteiger partial charge in [0.25, 0.3) is 0 Å². The minimum Gasteiger partial charge on any atom is -0.399 e. The number of nitrogens with two attached hydrogens (primary N) is 2. The van der Waals surface area contributed by atoms with Crippen molar-refractivity contribution in [2.45, 2.75) is 36.9 Å². The van der Waals surface area contributed by atoms with E-state index in [1.165, 1.54) is 0 Å². The summed E-state index contributed by atoms with van der Waals surface area (Å²) >= 11 is 1.70. The Hall–Kier alpha value is -2.51. The van der Waals surface area contributed by atoms with E-state index in [2.05, 4.69) is 6.92 Å². The molecule has 1 saturated heterocycles. The molecule has 0 amide bonds. The predicted octanol–water partition coefficient (Wildman–Crippen LogP) is 4.93. The molecular formula is C25H28N2O3S. The molecule has 5 nitrogen and oxygen atoms in total. The number of thioether (sulfide) groups is 1. The van der Waals surface area contributed by atoms with E-state index in [1.54, 1.807) is 11.8 Å². The second-order valence-electron chi connectivity index (χ2n) is 7.84. The first-order valence-corrected chi connectivity index (χ1v) is 11.4. The Kier molecular flexibility index (Phi) is 6.83. The van der Waals surface area contributed by atoms with Gasteiger partial charge in [0.05, 0.1) is 18.8 Å². The predicted molar refractivity (Wildman–Crippen MR) is 125 cm³/mol. The SMILES string of the molecule is CC1C(CSc2ccccc2N)OC(c2cccc(N)c2)OC1c1ccc(CO)cc1. The second kappa shape index (κ2) is 9.75. The molecule has 3 aromatic carbocycles. The molecule has 0 aliphatic carbocycles. The van der Waals surface area contributed by atoms with Crippen molar-refractivity contribution in [1.29, 1.82) is 0 Å². The Labute approximate surface area is 187 Å². The summed E-state index contributed by atoms with van der Waals surface area (Å²) < 4.78 is 12.8. The molecule has 1 heterocycles. The maximum Gasteiger partial charge on any atom is 0.185 e. The van der Waals surface area contributed by atoms with Gasteiger partial charge in [-0.1, -0.05) is 55.5 Å². The highest BCUT2D eigenvalue weighted by Gasteiger charge is 2.38. The molecule has 0 spiro atoms. The van der Waals surface area contributed by atoms with Gasteiger partial charge >= 0.3 is 0 Å². The van der Waals surface area contributed by atoms with Crippen LogP contribution in [0.4, 0.5) is 11.4 Å². The van der Waals surface area contributed by atoms with Crippen LogP contribution in [-0.4, -0.2) is 17.0 Å². The van der Waals surface area contributed by atoms with Crippen molar-refractivity contribution in [3.05, 3.63) is 89.5 Å². The smallest absolute Gasteiger partial charge is 0.185 e. The molecule has 5 N–H and O–H groups in total. The molecule has 3 aromatic rings. The Bertz CT molecular complexity index is 1010. The first-order chi connectivity index (χ1) is 15.0. The van der Waals surface area contributed by atoms with Crippen LogP contribution in [0.3, 0.4) is 0 Å². The average molecular weight is 437 g/mol. The second-order valence-corrected chi connectivity index (χ2v) is 8.90. The molecule has 162 valence electrons. The fourth-order valence-electron chi connectivity index (χ4n) is 3.80. The highest BCUT2D eigenvalue weighted by molar-refractivity contribution is 7.99. The number of para-hydroxylation sites is 1. The van der Waals surface area contributed by atoms with Crippen LogP contribution in [0.5, 0.6) is 0 Å². The lowest BCUT2D eigenvalue weighted by atomic mass is 9.91. The molecule has 1 aliphatic heterocycles. The van der Waals surface area contributed by atoms with Crippen LogP contribution in [0, 0.1) is 5.92 Å². The minimum absolute atomic E-state index is 0.0220. The van der Waals surface area contributed by atoms with Gasteiger partial charge in [-0.25, -0.2) is 0 Å². The summed E-state index contributed by atoms with van der Waals surface area (Å²) in [6, 6.07) is 23.4. The molecule has 0 bridgehead atoms. The lowest BCUT2D eigenvalue weighted by Gasteiger charge is -2.41. The number of benzene rings is 3. The highest BCUT2D eigenvalue weighted by Crippen LogP contribution is 2.43. The quantitative estimate of drug-likeness (QED) is 0.375. The zero-order chi connectivity index (χ0) is 21.8. The number of anilines is 2. The van der Waals surface area contributed by atoms with Gasteiger partial charge < -0.3 is 26.0 Å². The minimum atomic E-state index is -0.513. The van der Waals surface area contributed by atoms with Crippen molar-refractivity contribution in [1.82, 2.24) is 0 Å². The maximum absolute atomic E-state index is 9.37. The van der Waals surface area contributed by atoms with Gasteiger partial charge in [0.2, 0.25) is 0 Å². The van der Waals surface area contributed by atoms with Crippen molar-refractivity contribution < 1.29 is 14.6 Å². The van der Waals surface area contributed by atoms with Crippen LogP contribution >= 0.6 is 11.8 Å². The molecule has 4 atom stereocenters. The van der Waals surface area contributed by atoms with E-state index >= 15 is 0 Å². The summed E-state index contributed by atoms with van der Waals surface area (Å²) in [5, 5.41) is 9.37. The van der Waals surface area contributed by atoms with E-state index in [0.717, 1.165) is 33.0 Å². The third-order valence-corrected chi connectivity index (χ3v) is 6.81. The summed E-state index contributed by atoms with van der Waals surface area (Å²) in [7, 11) is 0. The normalized spacial score (nSPS) is 23.5. The number of nitrogen functional groups attached to an aromatic ring is 2. The summed E-state index contributed by atoms with van der Waals surface area (Å²) in [5.74, 6) is 0.873. The highest BCUT2D eigenvalue weighted by atomic mass is 32.2. The Morgan fingerprint density at radius 2 is 1.68 bits per heavy atom. The van der Waals surface area contributed by atoms with Crippen molar-refractivity contribution in [2.75, 3.05) is 17.2 Å². The van der Waals surface area contributed by atoms with Gasteiger partial charge in [-0.2, -0.15) is 0 Å². The van der Waals surface area contributed by atoms with Gasteiger partial charge in [0.15, 0.2) is 6.29 Å². The fraction of sp³-hybridized carbons (Fsp3) is 0.280. The Morgan fingerprint density at radius 3 is 2.39 bits per heavy atom. The molecule has 31 heavy (non-hydrogen) atoms. The third-order valence-electron chi connectivity index (χ3n) is 5.63. The van der Waals surface area contributed by atoms with E-state index < -0.39 is 6.29 Å². The fourth-order valence-corrected chi connectivity index (χ4v) is 4.93. The molecular weight excluding hydrogens is 408 g/mol. The molecule has 0 radical (unpaired) electrons. The Morgan fingerprint density at radius 1 is 0.903 bits per heavy atom. The van der Waals surface area contributed by atoms with Crippen molar-refractivity contribution in [3.8, 4) is 0 Å². The van der Waals surface area contributed by atoms with Crippen LogP contribution in [0.25, 0.3) is 0 Å².